The molecule has 0 aliphatic heterocycles. The maximum atomic E-state index is 8.97. The van der Waals surface area contributed by atoms with Crippen molar-refractivity contribution in [2.45, 2.75) is 19.3 Å². The molecule has 0 unspecified atom stereocenters. The fraction of sp³-hybridized carbons (Fsp3) is 0.462. The zero-order valence-electron chi connectivity index (χ0n) is 9.54. The molecule has 1 aromatic carbocycles. The highest BCUT2D eigenvalue weighted by atomic mass is 35.5. The van der Waals surface area contributed by atoms with E-state index in [1.165, 1.54) is 0 Å². The average Bonchev–Trinajstić information content (AvgIpc) is 3.08. The van der Waals surface area contributed by atoms with Crippen molar-refractivity contribution in [3.05, 3.63) is 28.8 Å². The largest absolute Gasteiger partial charge is 0.396 e. The van der Waals surface area contributed by atoms with E-state index in [2.05, 4.69) is 11.4 Å². The molecule has 3 nitrogen and oxygen atoms in total. The van der Waals surface area contributed by atoms with Crippen molar-refractivity contribution in [3.63, 3.8) is 0 Å². The van der Waals surface area contributed by atoms with Crippen LogP contribution in [0, 0.1) is 16.7 Å². The Morgan fingerprint density at radius 3 is 2.76 bits per heavy atom. The number of nitriles is 1. The van der Waals surface area contributed by atoms with E-state index in [9.17, 15) is 0 Å². The van der Waals surface area contributed by atoms with E-state index in [-0.39, 0.29) is 12.0 Å². The lowest BCUT2D eigenvalue weighted by molar-refractivity contribution is 0.253. The van der Waals surface area contributed by atoms with Gasteiger partial charge in [-0.1, -0.05) is 11.6 Å². The number of benzene rings is 1. The summed E-state index contributed by atoms with van der Waals surface area (Å²) in [7, 11) is 0. The van der Waals surface area contributed by atoms with Gasteiger partial charge in [0, 0.05) is 13.2 Å². The molecule has 1 saturated carbocycles. The predicted octanol–water partition coefficient (Wildman–Crippen LogP) is 2.79. The molecule has 4 heteroatoms. The Morgan fingerprint density at radius 2 is 2.24 bits per heavy atom. The molecule has 0 atom stereocenters. The topological polar surface area (TPSA) is 56.0 Å². The smallest absolute Gasteiger partial charge is 0.0992 e. The van der Waals surface area contributed by atoms with Gasteiger partial charge in [0.2, 0.25) is 0 Å². The third-order valence-electron chi connectivity index (χ3n) is 3.35. The minimum Gasteiger partial charge on any atom is -0.396 e. The van der Waals surface area contributed by atoms with Gasteiger partial charge >= 0.3 is 0 Å². The monoisotopic (exact) mass is 250 g/mol. The number of nitrogens with one attached hydrogen (secondary N) is 1. The first-order valence-electron chi connectivity index (χ1n) is 5.73. The van der Waals surface area contributed by atoms with Gasteiger partial charge in [0.1, 0.15) is 0 Å². The zero-order chi connectivity index (χ0) is 12.3. The minimum absolute atomic E-state index is 0.239. The van der Waals surface area contributed by atoms with Gasteiger partial charge in [-0.25, -0.2) is 0 Å². The standard InChI is InChI=1S/C13H15ClN2O/c14-11-7-10(8-15)1-2-12(11)16-9-13(3-4-13)5-6-17/h1-2,7,16-17H,3-6,9H2. The third-order valence-corrected chi connectivity index (χ3v) is 3.66. The van der Waals surface area contributed by atoms with Crippen molar-refractivity contribution >= 4 is 17.3 Å². The van der Waals surface area contributed by atoms with Crippen LogP contribution in [0.15, 0.2) is 18.2 Å². The van der Waals surface area contributed by atoms with Crippen LogP contribution in [0.5, 0.6) is 0 Å². The van der Waals surface area contributed by atoms with Gasteiger partial charge in [0.05, 0.1) is 22.3 Å². The molecule has 0 radical (unpaired) electrons. The summed E-state index contributed by atoms with van der Waals surface area (Å²) in [6, 6.07) is 7.30. The SMILES string of the molecule is N#Cc1ccc(NCC2(CCO)CC2)c(Cl)c1. The normalized spacial score (nSPS) is 16.3. The zero-order valence-corrected chi connectivity index (χ0v) is 10.3. The van der Waals surface area contributed by atoms with Crippen LogP contribution in [-0.2, 0) is 0 Å². The molecule has 0 saturated heterocycles. The molecule has 1 aliphatic rings. The Hall–Kier alpha value is -1.24. The Balaban J connectivity index is 1.98. The first-order chi connectivity index (χ1) is 8.19. The minimum atomic E-state index is 0.239. The second-order valence-electron chi connectivity index (χ2n) is 4.63. The van der Waals surface area contributed by atoms with E-state index in [1.54, 1.807) is 12.1 Å². The van der Waals surface area contributed by atoms with Crippen LogP contribution >= 0.6 is 11.6 Å². The summed E-state index contributed by atoms with van der Waals surface area (Å²) in [5.41, 5.74) is 1.68. The van der Waals surface area contributed by atoms with E-state index >= 15 is 0 Å². The van der Waals surface area contributed by atoms with E-state index in [0.29, 0.717) is 10.6 Å². The summed E-state index contributed by atoms with van der Waals surface area (Å²) in [6.45, 7) is 1.07. The van der Waals surface area contributed by atoms with Gasteiger partial charge in [0.15, 0.2) is 0 Å². The molecule has 1 aromatic rings. The van der Waals surface area contributed by atoms with Crippen molar-refractivity contribution in [2.24, 2.45) is 5.41 Å². The Kier molecular flexibility index (Phi) is 3.56. The van der Waals surface area contributed by atoms with Gasteiger partial charge in [-0.05, 0) is 42.9 Å². The lowest BCUT2D eigenvalue weighted by Gasteiger charge is -2.16. The Labute approximate surface area is 106 Å². The van der Waals surface area contributed by atoms with Gasteiger partial charge in [-0.2, -0.15) is 5.26 Å². The van der Waals surface area contributed by atoms with Crippen molar-refractivity contribution in [1.29, 1.82) is 5.26 Å². The number of anilines is 1. The van der Waals surface area contributed by atoms with Crippen LogP contribution in [0.4, 0.5) is 5.69 Å². The van der Waals surface area contributed by atoms with Crippen LogP contribution < -0.4 is 5.32 Å². The van der Waals surface area contributed by atoms with E-state index in [0.717, 1.165) is 31.5 Å². The highest BCUT2D eigenvalue weighted by Gasteiger charge is 2.41. The number of rotatable bonds is 5. The van der Waals surface area contributed by atoms with Gasteiger partial charge in [0.25, 0.3) is 0 Å². The summed E-state index contributed by atoms with van der Waals surface area (Å²) in [5.74, 6) is 0. The number of aliphatic hydroxyl groups is 1. The van der Waals surface area contributed by atoms with Crippen LogP contribution in [0.1, 0.15) is 24.8 Å². The van der Waals surface area contributed by atoms with Crippen LogP contribution in [0.3, 0.4) is 0 Å². The fourth-order valence-electron chi connectivity index (χ4n) is 1.94. The number of halogens is 1. The maximum Gasteiger partial charge on any atom is 0.0992 e. The van der Waals surface area contributed by atoms with Crippen molar-refractivity contribution in [3.8, 4) is 6.07 Å². The highest BCUT2D eigenvalue weighted by Crippen LogP contribution is 2.48. The molecule has 0 amide bonds. The number of hydrogen-bond acceptors (Lipinski definition) is 3. The van der Waals surface area contributed by atoms with E-state index in [1.807, 2.05) is 6.07 Å². The molecule has 0 aromatic heterocycles. The van der Waals surface area contributed by atoms with Crippen molar-refractivity contribution < 1.29 is 5.11 Å². The molecule has 90 valence electrons. The molecule has 17 heavy (non-hydrogen) atoms. The van der Waals surface area contributed by atoms with Crippen LogP contribution in [-0.4, -0.2) is 18.3 Å². The van der Waals surface area contributed by atoms with Crippen LogP contribution in [0.2, 0.25) is 5.02 Å². The van der Waals surface area contributed by atoms with Crippen LogP contribution in [0.25, 0.3) is 0 Å². The van der Waals surface area contributed by atoms with Gasteiger partial charge in [-0.15, -0.1) is 0 Å². The Bertz CT molecular complexity index is 449. The molecule has 1 aliphatic carbocycles. The second-order valence-corrected chi connectivity index (χ2v) is 5.04. The van der Waals surface area contributed by atoms with Crippen molar-refractivity contribution in [1.82, 2.24) is 0 Å². The molecule has 2 rings (SSSR count). The number of hydrogen-bond donors (Lipinski definition) is 2. The summed E-state index contributed by atoms with van der Waals surface area (Å²) in [5, 5.41) is 21.6. The fourth-order valence-corrected chi connectivity index (χ4v) is 2.19. The summed E-state index contributed by atoms with van der Waals surface area (Å²) >= 11 is 6.07. The maximum absolute atomic E-state index is 8.97. The average molecular weight is 251 g/mol. The quantitative estimate of drug-likeness (QED) is 0.845. The third kappa shape index (κ3) is 2.91. The summed E-state index contributed by atoms with van der Waals surface area (Å²) < 4.78 is 0. The summed E-state index contributed by atoms with van der Waals surface area (Å²) in [4.78, 5) is 0. The van der Waals surface area contributed by atoms with Gasteiger partial charge < -0.3 is 10.4 Å². The first-order valence-corrected chi connectivity index (χ1v) is 6.11. The molecule has 2 N–H and O–H groups in total. The van der Waals surface area contributed by atoms with E-state index in [4.69, 9.17) is 22.0 Å². The Morgan fingerprint density at radius 1 is 1.47 bits per heavy atom. The molecule has 0 heterocycles. The lowest BCUT2D eigenvalue weighted by atomic mass is 10.0. The second kappa shape index (κ2) is 4.95. The molecular weight excluding hydrogens is 236 g/mol. The molecule has 0 spiro atoms. The van der Waals surface area contributed by atoms with Crippen molar-refractivity contribution in [2.75, 3.05) is 18.5 Å². The lowest BCUT2D eigenvalue weighted by Crippen LogP contribution is -2.16. The molecule has 1 fully saturated rings. The van der Waals surface area contributed by atoms with Gasteiger partial charge in [-0.3, -0.25) is 0 Å². The number of aliphatic hydroxyl groups excluding tert-OH is 1. The highest BCUT2D eigenvalue weighted by molar-refractivity contribution is 6.33. The predicted molar refractivity (Wildman–Crippen MR) is 68.0 cm³/mol. The van der Waals surface area contributed by atoms with E-state index < -0.39 is 0 Å². The summed E-state index contributed by atoms with van der Waals surface area (Å²) in [6.07, 6.45) is 3.16. The molecular formula is C13H15ClN2O. The first kappa shape index (κ1) is 12.2. The number of nitrogens with zero attached hydrogens (tertiary/aromatic N) is 1. The molecule has 0 bridgehead atoms.